The quantitative estimate of drug-likeness (QED) is 0.117. The molecule has 2 aromatic heterocycles. The van der Waals surface area contributed by atoms with Gasteiger partial charge < -0.3 is 0 Å². The molecule has 0 N–H and O–H groups in total. The van der Waals surface area contributed by atoms with E-state index >= 15 is 0 Å². The molecule has 0 spiro atoms. The van der Waals surface area contributed by atoms with Crippen molar-refractivity contribution in [2.45, 2.75) is 16.7 Å². The first kappa shape index (κ1) is 32.7. The number of aromatic nitrogens is 2. The van der Waals surface area contributed by atoms with Gasteiger partial charge in [0.2, 0.25) is 9.84 Å². The minimum absolute atomic E-state index is 0.370. The van der Waals surface area contributed by atoms with Gasteiger partial charge in [-0.15, -0.1) is 0 Å². The van der Waals surface area contributed by atoms with Crippen molar-refractivity contribution >= 4 is 27.8 Å². The van der Waals surface area contributed by atoms with Gasteiger partial charge in [0.25, 0.3) is 0 Å². The number of rotatable bonds is 8. The number of hydrogen-bond donors (Lipinski definition) is 0. The van der Waals surface area contributed by atoms with E-state index in [1.54, 1.807) is 24.4 Å². The summed E-state index contributed by atoms with van der Waals surface area (Å²) in [7, 11) is -3.48. The monoisotopic (exact) mass is 691 g/mol. The average molecular weight is 692 g/mol. The fourth-order valence-corrected chi connectivity index (χ4v) is 8.27. The van der Waals surface area contributed by atoms with E-state index in [0.717, 1.165) is 72.7 Å². The van der Waals surface area contributed by atoms with E-state index in [4.69, 9.17) is 4.98 Å². The molecule has 8 rings (SSSR count). The van der Waals surface area contributed by atoms with Gasteiger partial charge in [0.05, 0.1) is 32.6 Å². The molecule has 5 aromatic carbocycles. The Hall–Kier alpha value is -6.50. The summed E-state index contributed by atoms with van der Waals surface area (Å²) in [4.78, 5) is 14.6. The van der Waals surface area contributed by atoms with Gasteiger partial charge in [-0.3, -0.25) is 9.98 Å². The first-order valence-corrected chi connectivity index (χ1v) is 18.4. The molecule has 0 bridgehead atoms. The molecule has 6 heteroatoms. The minimum Gasteiger partial charge on any atom is -0.262 e. The molecular formula is C46H33N3O2S. The normalized spacial score (nSPS) is 13.3. The summed E-state index contributed by atoms with van der Waals surface area (Å²) < 4.78 is 26.0. The Balaban J connectivity index is 1.03. The van der Waals surface area contributed by atoms with Gasteiger partial charge in [0.15, 0.2) is 0 Å². The molecule has 0 saturated heterocycles. The number of allylic oxidation sites excluding steroid dienone is 3. The van der Waals surface area contributed by atoms with Gasteiger partial charge >= 0.3 is 0 Å². The molecule has 1 aliphatic heterocycles. The van der Waals surface area contributed by atoms with E-state index in [0.29, 0.717) is 15.5 Å². The predicted octanol–water partition coefficient (Wildman–Crippen LogP) is 11.1. The van der Waals surface area contributed by atoms with E-state index in [1.807, 2.05) is 78.9 Å². The van der Waals surface area contributed by atoms with Crippen molar-refractivity contribution in [1.29, 1.82) is 0 Å². The Morgan fingerprint density at radius 3 is 1.90 bits per heavy atom. The van der Waals surface area contributed by atoms with E-state index in [2.05, 4.69) is 90.3 Å². The number of aliphatic imine (C=N–C) groups is 1. The van der Waals surface area contributed by atoms with Gasteiger partial charge in [-0.1, -0.05) is 115 Å². The second-order valence-electron chi connectivity index (χ2n) is 12.6. The van der Waals surface area contributed by atoms with E-state index in [9.17, 15) is 8.42 Å². The van der Waals surface area contributed by atoms with Crippen LogP contribution in [0.3, 0.4) is 0 Å². The summed E-state index contributed by atoms with van der Waals surface area (Å²) in [6, 6.07) is 49.8. The van der Waals surface area contributed by atoms with Crippen LogP contribution in [-0.2, 0) is 9.84 Å². The van der Waals surface area contributed by atoms with Crippen LogP contribution in [0.1, 0.15) is 18.2 Å². The molecule has 0 radical (unpaired) electrons. The fraction of sp³-hybridized carbons (Fsp3) is 0.0217. The Bertz CT molecular complexity index is 2570. The molecule has 5 nitrogen and oxygen atoms in total. The SMILES string of the molecule is C=N/C(=C\C=C(/C)c1ccc(-c2ccc(-c3ccc4c(c3)-c3ccccc3S4(=O)=O)cc2)cc1)c1cc(-c2ccccc2)cc(-c2ccccn2)n1. The summed E-state index contributed by atoms with van der Waals surface area (Å²) in [5.41, 5.74) is 12.9. The lowest BCUT2D eigenvalue weighted by molar-refractivity contribution is 0.598. The second-order valence-corrected chi connectivity index (χ2v) is 14.5. The van der Waals surface area contributed by atoms with Gasteiger partial charge in [0.1, 0.15) is 0 Å². The number of pyridine rings is 2. The molecule has 3 heterocycles. The van der Waals surface area contributed by atoms with Crippen molar-refractivity contribution < 1.29 is 8.42 Å². The minimum atomic E-state index is -3.48. The molecule has 52 heavy (non-hydrogen) atoms. The van der Waals surface area contributed by atoms with Crippen molar-refractivity contribution in [2.24, 2.45) is 4.99 Å². The first-order chi connectivity index (χ1) is 25.4. The molecule has 0 saturated carbocycles. The lowest BCUT2D eigenvalue weighted by Gasteiger charge is -2.10. The smallest absolute Gasteiger partial charge is 0.207 e. The number of fused-ring (bicyclic) bond motifs is 3. The Morgan fingerprint density at radius 2 is 1.19 bits per heavy atom. The highest BCUT2D eigenvalue weighted by molar-refractivity contribution is 7.92. The molecule has 250 valence electrons. The molecule has 1 aliphatic rings. The Labute approximate surface area is 304 Å². The Morgan fingerprint density at radius 1 is 0.577 bits per heavy atom. The number of benzene rings is 5. The molecule has 7 aromatic rings. The van der Waals surface area contributed by atoms with E-state index in [-0.39, 0.29) is 0 Å². The van der Waals surface area contributed by atoms with Crippen molar-refractivity contribution in [3.63, 3.8) is 0 Å². The van der Waals surface area contributed by atoms with Gasteiger partial charge in [-0.05, 0) is 107 Å². The van der Waals surface area contributed by atoms with Crippen molar-refractivity contribution in [3.8, 4) is 55.9 Å². The van der Waals surface area contributed by atoms with Crippen molar-refractivity contribution in [1.82, 2.24) is 9.97 Å². The fourth-order valence-electron chi connectivity index (χ4n) is 6.60. The topological polar surface area (TPSA) is 72.3 Å². The summed E-state index contributed by atoms with van der Waals surface area (Å²) in [5, 5.41) is 0. The molecule has 0 atom stereocenters. The molecule has 0 aliphatic carbocycles. The van der Waals surface area contributed by atoms with Crippen LogP contribution in [0.2, 0.25) is 0 Å². The van der Waals surface area contributed by atoms with Gasteiger partial charge in [-0.2, -0.15) is 0 Å². The molecular weight excluding hydrogens is 659 g/mol. The highest BCUT2D eigenvalue weighted by atomic mass is 32.2. The van der Waals surface area contributed by atoms with Crippen LogP contribution >= 0.6 is 0 Å². The zero-order valence-corrected chi connectivity index (χ0v) is 29.3. The predicted molar refractivity (Wildman–Crippen MR) is 212 cm³/mol. The summed E-state index contributed by atoms with van der Waals surface area (Å²) in [6.45, 7) is 5.94. The summed E-state index contributed by atoms with van der Waals surface area (Å²) >= 11 is 0. The lowest BCUT2D eigenvalue weighted by Crippen LogP contribution is -1.96. The van der Waals surface area contributed by atoms with Crippen LogP contribution in [0.4, 0.5) is 0 Å². The maximum absolute atomic E-state index is 13.0. The molecule has 0 fully saturated rings. The average Bonchev–Trinajstić information content (AvgIpc) is 3.44. The largest absolute Gasteiger partial charge is 0.262 e. The molecule has 0 unspecified atom stereocenters. The standard InChI is InChI=1S/C46H33N3O2S/c1-31(15-25-41(47-2)43-29-38(33-10-4-3-5-11-33)30-44(49-43)42-13-8-9-27-48-42)32-16-18-34(19-17-32)35-20-22-36(23-21-35)37-24-26-46-40(28-37)39-12-6-7-14-45(39)52(46,50)51/h3-30H,2H2,1H3/b31-15+,41-25-. The number of hydrogen-bond acceptors (Lipinski definition) is 5. The van der Waals surface area contributed by atoms with Crippen LogP contribution in [0.5, 0.6) is 0 Å². The van der Waals surface area contributed by atoms with Crippen molar-refractivity contribution in [3.05, 3.63) is 181 Å². The van der Waals surface area contributed by atoms with Crippen LogP contribution in [-0.4, -0.2) is 25.1 Å². The van der Waals surface area contributed by atoms with Crippen LogP contribution in [0, 0.1) is 0 Å². The maximum Gasteiger partial charge on any atom is 0.207 e. The van der Waals surface area contributed by atoms with Crippen molar-refractivity contribution in [2.75, 3.05) is 0 Å². The zero-order chi connectivity index (χ0) is 35.7. The maximum atomic E-state index is 13.0. The highest BCUT2D eigenvalue weighted by Gasteiger charge is 2.32. The third-order valence-corrected chi connectivity index (χ3v) is 11.3. The highest BCUT2D eigenvalue weighted by Crippen LogP contribution is 2.44. The summed E-state index contributed by atoms with van der Waals surface area (Å²) in [6.07, 6.45) is 5.78. The lowest BCUT2D eigenvalue weighted by atomic mass is 9.96. The van der Waals surface area contributed by atoms with Crippen LogP contribution in [0.25, 0.3) is 67.2 Å². The number of sulfone groups is 1. The third kappa shape index (κ3) is 6.21. The Kier molecular flexibility index (Phi) is 8.59. The first-order valence-electron chi connectivity index (χ1n) is 16.9. The third-order valence-electron chi connectivity index (χ3n) is 9.41. The molecule has 0 amide bonds. The van der Waals surface area contributed by atoms with Crippen LogP contribution < -0.4 is 0 Å². The van der Waals surface area contributed by atoms with Gasteiger partial charge in [0, 0.05) is 17.3 Å². The van der Waals surface area contributed by atoms with E-state index < -0.39 is 9.84 Å². The second kappa shape index (κ2) is 13.7. The zero-order valence-electron chi connectivity index (χ0n) is 28.4. The summed E-state index contributed by atoms with van der Waals surface area (Å²) in [5.74, 6) is 0. The van der Waals surface area contributed by atoms with Gasteiger partial charge in [-0.25, -0.2) is 13.4 Å². The van der Waals surface area contributed by atoms with Crippen LogP contribution in [0.15, 0.2) is 185 Å². The number of nitrogens with zero attached hydrogens (tertiary/aromatic N) is 3. The van der Waals surface area contributed by atoms with E-state index in [1.165, 1.54) is 0 Å².